The van der Waals surface area contributed by atoms with Crippen molar-refractivity contribution in [1.82, 2.24) is 15.5 Å². The minimum Gasteiger partial charge on any atom is -0.352 e. The third-order valence-corrected chi connectivity index (χ3v) is 6.02. The molecule has 1 amide bonds. The number of rotatable bonds is 8. The topological polar surface area (TPSA) is 44.4 Å². The van der Waals surface area contributed by atoms with Gasteiger partial charge in [0, 0.05) is 25.7 Å². The molecule has 138 valence electrons. The molecule has 4 atom stereocenters. The molecule has 2 fully saturated rings. The van der Waals surface area contributed by atoms with Crippen molar-refractivity contribution in [2.75, 3.05) is 20.1 Å². The summed E-state index contributed by atoms with van der Waals surface area (Å²) in [6.07, 6.45) is 5.55. The SMILES string of the molecule is CCCC[C@H](NC)C(=O)N[C@H]1CC[C@@H]2CN(Cc3ccccc3)C[C@@H]21. The summed E-state index contributed by atoms with van der Waals surface area (Å²) in [5, 5.41) is 6.56. The van der Waals surface area contributed by atoms with Crippen LogP contribution in [-0.2, 0) is 11.3 Å². The molecular weight excluding hydrogens is 310 g/mol. The molecule has 0 spiro atoms. The van der Waals surface area contributed by atoms with E-state index in [2.05, 4.69) is 52.8 Å². The molecule has 1 aromatic rings. The molecule has 0 bridgehead atoms. The monoisotopic (exact) mass is 343 g/mol. The van der Waals surface area contributed by atoms with Gasteiger partial charge in [0.1, 0.15) is 0 Å². The average molecular weight is 344 g/mol. The molecule has 1 saturated heterocycles. The summed E-state index contributed by atoms with van der Waals surface area (Å²) >= 11 is 0. The smallest absolute Gasteiger partial charge is 0.237 e. The highest BCUT2D eigenvalue weighted by Crippen LogP contribution is 2.38. The van der Waals surface area contributed by atoms with Gasteiger partial charge in [-0.25, -0.2) is 0 Å². The number of hydrogen-bond acceptors (Lipinski definition) is 3. The Kier molecular flexibility index (Phi) is 6.49. The minimum atomic E-state index is -0.0409. The van der Waals surface area contributed by atoms with Gasteiger partial charge in [-0.2, -0.15) is 0 Å². The maximum absolute atomic E-state index is 12.6. The van der Waals surface area contributed by atoms with Gasteiger partial charge in [-0.3, -0.25) is 9.69 Å². The Hall–Kier alpha value is -1.39. The zero-order valence-electron chi connectivity index (χ0n) is 15.7. The van der Waals surface area contributed by atoms with Crippen molar-refractivity contribution in [3.05, 3.63) is 35.9 Å². The normalized spacial score (nSPS) is 27.2. The summed E-state index contributed by atoms with van der Waals surface area (Å²) in [5.74, 6) is 1.57. The van der Waals surface area contributed by atoms with Gasteiger partial charge in [0.15, 0.2) is 0 Å². The van der Waals surface area contributed by atoms with Crippen molar-refractivity contribution in [3.8, 4) is 0 Å². The first-order valence-corrected chi connectivity index (χ1v) is 9.95. The molecule has 1 aliphatic carbocycles. The van der Waals surface area contributed by atoms with Crippen LogP contribution in [0.3, 0.4) is 0 Å². The number of carbonyl (C=O) groups is 1. The molecule has 2 N–H and O–H groups in total. The van der Waals surface area contributed by atoms with E-state index >= 15 is 0 Å². The van der Waals surface area contributed by atoms with Gasteiger partial charge in [0.2, 0.25) is 5.91 Å². The van der Waals surface area contributed by atoms with Crippen LogP contribution in [-0.4, -0.2) is 43.0 Å². The minimum absolute atomic E-state index is 0.0409. The van der Waals surface area contributed by atoms with Crippen LogP contribution >= 0.6 is 0 Å². The molecule has 4 nitrogen and oxygen atoms in total. The summed E-state index contributed by atoms with van der Waals surface area (Å²) in [6.45, 7) is 5.50. The number of fused-ring (bicyclic) bond motifs is 1. The van der Waals surface area contributed by atoms with Crippen LogP contribution in [0.5, 0.6) is 0 Å². The van der Waals surface area contributed by atoms with E-state index in [4.69, 9.17) is 0 Å². The fraction of sp³-hybridized carbons (Fsp3) is 0.667. The Bertz CT molecular complexity index is 547. The molecule has 4 heteroatoms. The standard InChI is InChI=1S/C21H33N3O/c1-3-4-10-20(22-2)21(25)23-19-12-11-17-14-24(15-18(17)19)13-16-8-6-5-7-9-16/h5-9,17-20,22H,3-4,10-15H2,1-2H3,(H,23,25)/t17-,18+,19+,20+/m1/s1. The lowest BCUT2D eigenvalue weighted by Crippen LogP contribution is -2.48. The fourth-order valence-electron chi connectivity index (χ4n) is 4.61. The molecule has 1 aromatic carbocycles. The maximum Gasteiger partial charge on any atom is 0.237 e. The third-order valence-electron chi connectivity index (χ3n) is 6.02. The van der Waals surface area contributed by atoms with E-state index in [-0.39, 0.29) is 11.9 Å². The lowest BCUT2D eigenvalue weighted by Gasteiger charge is -2.24. The van der Waals surface area contributed by atoms with Crippen LogP contribution < -0.4 is 10.6 Å². The van der Waals surface area contributed by atoms with Crippen LogP contribution in [0.1, 0.15) is 44.6 Å². The fourth-order valence-corrected chi connectivity index (χ4v) is 4.61. The lowest BCUT2D eigenvalue weighted by atomic mass is 9.97. The summed E-state index contributed by atoms with van der Waals surface area (Å²) in [4.78, 5) is 15.2. The van der Waals surface area contributed by atoms with Gasteiger partial charge in [0.05, 0.1) is 6.04 Å². The summed E-state index contributed by atoms with van der Waals surface area (Å²) in [7, 11) is 1.90. The predicted molar refractivity (Wildman–Crippen MR) is 102 cm³/mol. The van der Waals surface area contributed by atoms with Gasteiger partial charge in [-0.15, -0.1) is 0 Å². The van der Waals surface area contributed by atoms with Gasteiger partial charge in [-0.05, 0) is 43.7 Å². The van der Waals surface area contributed by atoms with Crippen LogP contribution in [0, 0.1) is 11.8 Å². The van der Waals surface area contributed by atoms with Crippen molar-refractivity contribution in [2.24, 2.45) is 11.8 Å². The number of benzene rings is 1. The first-order chi connectivity index (χ1) is 12.2. The second-order valence-electron chi connectivity index (χ2n) is 7.78. The number of hydrogen-bond donors (Lipinski definition) is 2. The van der Waals surface area contributed by atoms with Crippen LogP contribution in [0.4, 0.5) is 0 Å². The lowest BCUT2D eigenvalue weighted by molar-refractivity contribution is -0.124. The van der Waals surface area contributed by atoms with Crippen molar-refractivity contribution in [2.45, 2.75) is 57.7 Å². The van der Waals surface area contributed by atoms with E-state index in [1.165, 1.54) is 18.5 Å². The average Bonchev–Trinajstić information content (AvgIpc) is 3.18. The van der Waals surface area contributed by atoms with Gasteiger partial charge in [0.25, 0.3) is 0 Å². The quantitative estimate of drug-likeness (QED) is 0.763. The molecule has 0 radical (unpaired) electrons. The number of nitrogens with one attached hydrogen (secondary N) is 2. The predicted octanol–water partition coefficient (Wildman–Crippen LogP) is 2.79. The number of likely N-dealkylation sites (N-methyl/N-ethyl adjacent to an activating group) is 1. The number of nitrogens with zero attached hydrogens (tertiary/aromatic N) is 1. The van der Waals surface area contributed by atoms with Gasteiger partial charge < -0.3 is 10.6 Å². The first-order valence-electron chi connectivity index (χ1n) is 9.95. The van der Waals surface area contributed by atoms with Crippen molar-refractivity contribution in [3.63, 3.8) is 0 Å². The van der Waals surface area contributed by atoms with Crippen molar-refractivity contribution >= 4 is 5.91 Å². The summed E-state index contributed by atoms with van der Waals surface area (Å²) in [6, 6.07) is 11.0. The molecule has 0 aromatic heterocycles. The van der Waals surface area contributed by atoms with Crippen LogP contribution in [0.15, 0.2) is 30.3 Å². The highest BCUT2D eigenvalue weighted by atomic mass is 16.2. The second-order valence-corrected chi connectivity index (χ2v) is 7.78. The Morgan fingerprint density at radius 1 is 1.24 bits per heavy atom. The van der Waals surface area contributed by atoms with E-state index in [1.807, 2.05) is 7.05 Å². The van der Waals surface area contributed by atoms with Gasteiger partial charge >= 0.3 is 0 Å². The Morgan fingerprint density at radius 2 is 2.04 bits per heavy atom. The van der Waals surface area contributed by atoms with E-state index in [9.17, 15) is 4.79 Å². The molecule has 0 unspecified atom stereocenters. The van der Waals surface area contributed by atoms with Crippen LogP contribution in [0.2, 0.25) is 0 Å². The van der Waals surface area contributed by atoms with Crippen molar-refractivity contribution in [1.29, 1.82) is 0 Å². The van der Waals surface area contributed by atoms with E-state index in [0.717, 1.165) is 44.7 Å². The number of likely N-dealkylation sites (tertiary alicyclic amines) is 1. The Balaban J connectivity index is 1.52. The summed E-state index contributed by atoms with van der Waals surface area (Å²) < 4.78 is 0. The molecule has 2 aliphatic rings. The molecular formula is C21H33N3O. The Morgan fingerprint density at radius 3 is 2.76 bits per heavy atom. The molecule has 3 rings (SSSR count). The maximum atomic E-state index is 12.6. The first kappa shape index (κ1) is 18.4. The highest BCUT2D eigenvalue weighted by molar-refractivity contribution is 5.82. The number of amides is 1. The zero-order chi connectivity index (χ0) is 17.6. The van der Waals surface area contributed by atoms with Crippen molar-refractivity contribution < 1.29 is 4.79 Å². The number of unbranched alkanes of at least 4 members (excludes halogenated alkanes) is 1. The van der Waals surface area contributed by atoms with E-state index in [0.29, 0.717) is 12.0 Å². The van der Waals surface area contributed by atoms with E-state index in [1.54, 1.807) is 0 Å². The molecule has 1 aliphatic heterocycles. The zero-order valence-corrected chi connectivity index (χ0v) is 15.7. The summed E-state index contributed by atoms with van der Waals surface area (Å²) in [5.41, 5.74) is 1.39. The highest BCUT2D eigenvalue weighted by Gasteiger charge is 2.43. The number of carbonyl (C=O) groups excluding carboxylic acids is 1. The molecule has 1 heterocycles. The third kappa shape index (κ3) is 4.62. The molecule has 1 saturated carbocycles. The second kappa shape index (κ2) is 8.81. The van der Waals surface area contributed by atoms with Gasteiger partial charge in [-0.1, -0.05) is 50.1 Å². The Labute approximate surface area is 152 Å². The molecule has 25 heavy (non-hydrogen) atoms. The largest absolute Gasteiger partial charge is 0.352 e. The van der Waals surface area contributed by atoms with E-state index < -0.39 is 0 Å². The van der Waals surface area contributed by atoms with Crippen LogP contribution in [0.25, 0.3) is 0 Å².